The number of para-hydroxylation sites is 1. The van der Waals surface area contributed by atoms with Crippen LogP contribution in [0.4, 0.5) is 0 Å². The molecule has 0 amide bonds. The highest BCUT2D eigenvalue weighted by Gasteiger charge is 2.16. The summed E-state index contributed by atoms with van der Waals surface area (Å²) in [4.78, 5) is 6.39. The van der Waals surface area contributed by atoms with Crippen molar-refractivity contribution >= 4 is 0 Å². The van der Waals surface area contributed by atoms with Crippen molar-refractivity contribution in [3.63, 3.8) is 0 Å². The van der Waals surface area contributed by atoms with Crippen LogP contribution in [0.5, 0.6) is 5.75 Å². The maximum atomic E-state index is 9.11. The van der Waals surface area contributed by atoms with Gasteiger partial charge in [-0.05, 0) is 12.1 Å². The first kappa shape index (κ1) is 12.6. The average Bonchev–Trinajstić information content (AvgIpc) is 2.69. The van der Waals surface area contributed by atoms with Crippen molar-refractivity contribution in [2.24, 2.45) is 0 Å². The van der Waals surface area contributed by atoms with Gasteiger partial charge in [0.1, 0.15) is 24.1 Å². The van der Waals surface area contributed by atoms with E-state index in [9.17, 15) is 0 Å². The standard InChI is InChI=1S/C16H15N3O/c17-10-15-13(5-3-7-18-15)11-19-8-9-20-16-6-2-1-4-14(16)12-19/h1-7H,8-9,11-12H2. The fourth-order valence-electron chi connectivity index (χ4n) is 2.42. The van der Waals surface area contributed by atoms with Crippen LogP contribution in [0.1, 0.15) is 16.8 Å². The van der Waals surface area contributed by atoms with E-state index >= 15 is 0 Å². The highest BCUT2D eigenvalue weighted by molar-refractivity contribution is 5.34. The van der Waals surface area contributed by atoms with Crippen LogP contribution < -0.4 is 4.74 Å². The zero-order chi connectivity index (χ0) is 13.8. The number of aromatic nitrogens is 1. The molecule has 0 saturated carbocycles. The van der Waals surface area contributed by atoms with Crippen molar-refractivity contribution in [2.75, 3.05) is 13.2 Å². The zero-order valence-corrected chi connectivity index (χ0v) is 11.1. The minimum Gasteiger partial charge on any atom is -0.492 e. The van der Waals surface area contributed by atoms with Gasteiger partial charge in [-0.3, -0.25) is 4.90 Å². The van der Waals surface area contributed by atoms with Crippen LogP contribution in [0, 0.1) is 11.3 Å². The lowest BCUT2D eigenvalue weighted by Crippen LogP contribution is -2.25. The Hall–Kier alpha value is -2.38. The molecule has 1 aromatic carbocycles. The Bertz CT molecular complexity index is 648. The molecule has 2 aromatic rings. The van der Waals surface area contributed by atoms with E-state index in [2.05, 4.69) is 22.0 Å². The summed E-state index contributed by atoms with van der Waals surface area (Å²) >= 11 is 0. The van der Waals surface area contributed by atoms with Crippen LogP contribution in [-0.4, -0.2) is 23.0 Å². The number of hydrogen-bond donors (Lipinski definition) is 0. The van der Waals surface area contributed by atoms with Crippen molar-refractivity contribution in [3.05, 3.63) is 59.4 Å². The summed E-state index contributed by atoms with van der Waals surface area (Å²) in [6.07, 6.45) is 1.66. The summed E-state index contributed by atoms with van der Waals surface area (Å²) in [5.41, 5.74) is 2.66. The molecule has 1 aliphatic heterocycles. The number of hydrogen-bond acceptors (Lipinski definition) is 4. The number of benzene rings is 1. The highest BCUT2D eigenvalue weighted by Crippen LogP contribution is 2.23. The van der Waals surface area contributed by atoms with E-state index in [1.165, 1.54) is 5.56 Å². The monoisotopic (exact) mass is 265 g/mol. The topological polar surface area (TPSA) is 49.2 Å². The van der Waals surface area contributed by atoms with E-state index in [1.54, 1.807) is 6.20 Å². The normalized spacial score (nSPS) is 14.8. The molecule has 0 saturated heterocycles. The Balaban J connectivity index is 1.80. The molecule has 100 valence electrons. The Labute approximate surface area is 118 Å². The van der Waals surface area contributed by atoms with Gasteiger partial charge in [-0.2, -0.15) is 5.26 Å². The van der Waals surface area contributed by atoms with E-state index in [0.717, 1.165) is 24.4 Å². The summed E-state index contributed by atoms with van der Waals surface area (Å²) in [5.74, 6) is 0.960. The molecular weight excluding hydrogens is 250 g/mol. The molecule has 4 nitrogen and oxygen atoms in total. The molecule has 0 spiro atoms. The summed E-state index contributed by atoms with van der Waals surface area (Å²) in [6, 6.07) is 14.1. The minimum atomic E-state index is 0.506. The van der Waals surface area contributed by atoms with Gasteiger partial charge >= 0.3 is 0 Å². The number of rotatable bonds is 2. The molecule has 0 radical (unpaired) electrons. The van der Waals surface area contributed by atoms with Gasteiger partial charge in [0.25, 0.3) is 0 Å². The summed E-state index contributed by atoms with van der Waals surface area (Å²) in [6.45, 7) is 3.05. The lowest BCUT2D eigenvalue weighted by atomic mass is 10.1. The van der Waals surface area contributed by atoms with Crippen LogP contribution >= 0.6 is 0 Å². The first-order valence-electron chi connectivity index (χ1n) is 6.64. The van der Waals surface area contributed by atoms with Crippen molar-refractivity contribution < 1.29 is 4.74 Å². The smallest absolute Gasteiger partial charge is 0.144 e. The molecule has 2 heterocycles. The van der Waals surface area contributed by atoms with Gasteiger partial charge in [0, 0.05) is 37.0 Å². The maximum Gasteiger partial charge on any atom is 0.144 e. The third kappa shape index (κ3) is 2.63. The molecule has 1 aliphatic rings. The van der Waals surface area contributed by atoms with Crippen LogP contribution in [0.2, 0.25) is 0 Å². The maximum absolute atomic E-state index is 9.11. The lowest BCUT2D eigenvalue weighted by Gasteiger charge is -2.19. The number of ether oxygens (including phenoxy) is 1. The van der Waals surface area contributed by atoms with Gasteiger partial charge in [-0.25, -0.2) is 4.98 Å². The first-order chi connectivity index (χ1) is 9.86. The molecule has 4 heteroatoms. The highest BCUT2D eigenvalue weighted by atomic mass is 16.5. The molecule has 20 heavy (non-hydrogen) atoms. The van der Waals surface area contributed by atoms with Crippen molar-refractivity contribution in [1.82, 2.24) is 9.88 Å². The van der Waals surface area contributed by atoms with Crippen molar-refractivity contribution in [2.45, 2.75) is 13.1 Å². The van der Waals surface area contributed by atoms with E-state index in [1.807, 2.05) is 30.3 Å². The average molecular weight is 265 g/mol. The molecule has 1 aromatic heterocycles. The van der Waals surface area contributed by atoms with Gasteiger partial charge in [-0.1, -0.05) is 24.3 Å². The van der Waals surface area contributed by atoms with Crippen LogP contribution in [-0.2, 0) is 13.1 Å². The van der Waals surface area contributed by atoms with E-state index in [-0.39, 0.29) is 0 Å². The van der Waals surface area contributed by atoms with Crippen molar-refractivity contribution in [3.8, 4) is 11.8 Å². The molecule has 0 aliphatic carbocycles. The van der Waals surface area contributed by atoms with Crippen LogP contribution in [0.3, 0.4) is 0 Å². The zero-order valence-electron chi connectivity index (χ0n) is 11.1. The molecule has 0 fully saturated rings. The molecular formula is C16H15N3O. The minimum absolute atomic E-state index is 0.506. The van der Waals surface area contributed by atoms with Crippen LogP contribution in [0.15, 0.2) is 42.6 Å². The Morgan fingerprint density at radius 3 is 3.05 bits per heavy atom. The van der Waals surface area contributed by atoms with Gasteiger partial charge < -0.3 is 4.74 Å². The Kier molecular flexibility index (Phi) is 3.62. The van der Waals surface area contributed by atoms with E-state index in [0.29, 0.717) is 18.8 Å². The molecule has 0 unspecified atom stereocenters. The number of nitriles is 1. The van der Waals surface area contributed by atoms with Gasteiger partial charge in [0.15, 0.2) is 0 Å². The second kappa shape index (κ2) is 5.72. The molecule has 3 rings (SSSR count). The number of pyridine rings is 1. The number of fused-ring (bicyclic) bond motifs is 1. The predicted molar refractivity (Wildman–Crippen MR) is 75.0 cm³/mol. The molecule has 0 N–H and O–H groups in total. The van der Waals surface area contributed by atoms with E-state index in [4.69, 9.17) is 10.00 Å². The van der Waals surface area contributed by atoms with E-state index < -0.39 is 0 Å². The first-order valence-corrected chi connectivity index (χ1v) is 6.64. The Morgan fingerprint density at radius 1 is 1.25 bits per heavy atom. The van der Waals surface area contributed by atoms with Crippen LogP contribution in [0.25, 0.3) is 0 Å². The SMILES string of the molecule is N#Cc1ncccc1CN1CCOc2ccccc2C1. The largest absolute Gasteiger partial charge is 0.492 e. The van der Waals surface area contributed by atoms with Gasteiger partial charge in [0.05, 0.1) is 0 Å². The number of nitrogens with zero attached hydrogens (tertiary/aromatic N) is 3. The molecule has 0 atom stereocenters. The second-order valence-electron chi connectivity index (χ2n) is 4.79. The van der Waals surface area contributed by atoms with Gasteiger partial charge in [0.2, 0.25) is 0 Å². The summed E-state index contributed by atoms with van der Waals surface area (Å²) in [7, 11) is 0. The predicted octanol–water partition coefficient (Wildman–Crippen LogP) is 2.35. The Morgan fingerprint density at radius 2 is 2.15 bits per heavy atom. The lowest BCUT2D eigenvalue weighted by molar-refractivity contribution is 0.219. The summed E-state index contributed by atoms with van der Waals surface area (Å²) < 4.78 is 5.75. The second-order valence-corrected chi connectivity index (χ2v) is 4.79. The quantitative estimate of drug-likeness (QED) is 0.836. The third-order valence-electron chi connectivity index (χ3n) is 3.42. The fourth-order valence-corrected chi connectivity index (χ4v) is 2.42. The third-order valence-corrected chi connectivity index (χ3v) is 3.42. The molecule has 0 bridgehead atoms. The fraction of sp³-hybridized carbons (Fsp3) is 0.250. The van der Waals surface area contributed by atoms with Gasteiger partial charge in [-0.15, -0.1) is 0 Å². The van der Waals surface area contributed by atoms with Crippen molar-refractivity contribution in [1.29, 1.82) is 5.26 Å². The summed E-state index contributed by atoms with van der Waals surface area (Å²) in [5, 5.41) is 9.11.